The highest BCUT2D eigenvalue weighted by atomic mass is 32.2. The van der Waals surface area contributed by atoms with Crippen LogP contribution >= 0.6 is 11.8 Å². The molecule has 1 rings (SSSR count). The summed E-state index contributed by atoms with van der Waals surface area (Å²) in [4.78, 5) is 4.08. The lowest BCUT2D eigenvalue weighted by atomic mass is 10.3. The van der Waals surface area contributed by atoms with Crippen LogP contribution in [-0.2, 0) is 5.75 Å². The Morgan fingerprint density at radius 3 is 2.92 bits per heavy atom. The van der Waals surface area contributed by atoms with Crippen molar-refractivity contribution in [3.63, 3.8) is 0 Å². The summed E-state index contributed by atoms with van der Waals surface area (Å²) >= 11 is 1.71. The second kappa shape index (κ2) is 5.24. The number of rotatable bonds is 5. The Bertz CT molecular complexity index is 252. The van der Waals surface area contributed by atoms with Crippen molar-refractivity contribution in [2.75, 3.05) is 6.61 Å². The third kappa shape index (κ3) is 3.78. The van der Waals surface area contributed by atoms with Crippen molar-refractivity contribution in [1.82, 2.24) is 10.1 Å². The monoisotopic (exact) mass is 202 g/mol. The predicted molar refractivity (Wildman–Crippen MR) is 51.5 cm³/mol. The lowest BCUT2D eigenvalue weighted by molar-refractivity contribution is 0.289. The van der Waals surface area contributed by atoms with Crippen molar-refractivity contribution >= 4 is 11.8 Å². The molecule has 0 saturated carbocycles. The van der Waals surface area contributed by atoms with Crippen LogP contribution in [0.1, 0.15) is 25.1 Å². The van der Waals surface area contributed by atoms with E-state index in [1.807, 2.05) is 0 Å². The minimum Gasteiger partial charge on any atom is -0.396 e. The van der Waals surface area contributed by atoms with Gasteiger partial charge in [-0.2, -0.15) is 4.98 Å². The van der Waals surface area contributed by atoms with Gasteiger partial charge in [-0.25, -0.2) is 0 Å². The summed E-state index contributed by atoms with van der Waals surface area (Å²) in [5, 5.41) is 12.8. The van der Waals surface area contributed by atoms with E-state index in [4.69, 9.17) is 9.63 Å². The molecule has 1 unspecified atom stereocenters. The van der Waals surface area contributed by atoms with Crippen LogP contribution in [-0.4, -0.2) is 27.1 Å². The van der Waals surface area contributed by atoms with Crippen molar-refractivity contribution in [2.24, 2.45) is 0 Å². The van der Waals surface area contributed by atoms with Crippen molar-refractivity contribution < 1.29 is 9.63 Å². The Morgan fingerprint density at radius 2 is 2.38 bits per heavy atom. The summed E-state index contributed by atoms with van der Waals surface area (Å²) in [5.74, 6) is 2.06. The third-order valence-corrected chi connectivity index (χ3v) is 2.81. The fourth-order valence-corrected chi connectivity index (χ4v) is 1.69. The van der Waals surface area contributed by atoms with Crippen LogP contribution in [0, 0.1) is 6.92 Å². The number of aliphatic hydroxyl groups excluding tert-OH is 1. The molecular formula is C8H14N2O2S. The van der Waals surface area contributed by atoms with Crippen LogP contribution in [0.5, 0.6) is 0 Å². The molecule has 1 aromatic rings. The van der Waals surface area contributed by atoms with Gasteiger partial charge < -0.3 is 9.63 Å². The third-order valence-electron chi connectivity index (χ3n) is 1.60. The van der Waals surface area contributed by atoms with E-state index in [1.54, 1.807) is 18.7 Å². The standard InChI is InChI=1S/C8H14N2O2S/c1-6(3-4-11)13-5-8-9-7(2)10-12-8/h6,11H,3-5H2,1-2H3. The smallest absolute Gasteiger partial charge is 0.236 e. The second-order valence-corrected chi connectivity index (χ2v) is 4.30. The molecule has 0 aliphatic carbocycles. The summed E-state index contributed by atoms with van der Waals surface area (Å²) in [6.45, 7) is 4.11. The number of hydrogen-bond acceptors (Lipinski definition) is 5. The molecule has 0 radical (unpaired) electrons. The molecule has 0 bridgehead atoms. The molecule has 74 valence electrons. The van der Waals surface area contributed by atoms with Gasteiger partial charge in [0.15, 0.2) is 5.82 Å². The van der Waals surface area contributed by atoms with Gasteiger partial charge in [0.1, 0.15) is 0 Å². The zero-order chi connectivity index (χ0) is 9.68. The summed E-state index contributed by atoms with van der Waals surface area (Å²) in [7, 11) is 0. The normalized spacial score (nSPS) is 13.2. The van der Waals surface area contributed by atoms with Gasteiger partial charge in [-0.05, 0) is 13.3 Å². The fourth-order valence-electron chi connectivity index (χ4n) is 0.877. The van der Waals surface area contributed by atoms with Crippen LogP contribution in [0.15, 0.2) is 4.52 Å². The first-order valence-corrected chi connectivity index (χ1v) is 5.29. The summed E-state index contributed by atoms with van der Waals surface area (Å²) < 4.78 is 4.95. The van der Waals surface area contributed by atoms with Gasteiger partial charge in [-0.3, -0.25) is 0 Å². The molecular weight excluding hydrogens is 188 g/mol. The molecule has 1 N–H and O–H groups in total. The van der Waals surface area contributed by atoms with E-state index in [0.717, 1.165) is 12.2 Å². The Balaban J connectivity index is 2.26. The molecule has 1 aromatic heterocycles. The molecule has 1 heterocycles. The van der Waals surface area contributed by atoms with E-state index in [9.17, 15) is 0 Å². The average molecular weight is 202 g/mol. The lowest BCUT2D eigenvalue weighted by Crippen LogP contribution is -1.99. The summed E-state index contributed by atoms with van der Waals surface area (Å²) in [6, 6.07) is 0. The number of hydrogen-bond donors (Lipinski definition) is 1. The molecule has 0 aromatic carbocycles. The first-order chi connectivity index (χ1) is 6.22. The molecule has 0 spiro atoms. The Kier molecular flexibility index (Phi) is 4.24. The topological polar surface area (TPSA) is 59.2 Å². The number of aryl methyl sites for hydroxylation is 1. The molecule has 5 heteroatoms. The molecule has 0 saturated heterocycles. The minimum atomic E-state index is 0.233. The van der Waals surface area contributed by atoms with Crippen LogP contribution < -0.4 is 0 Å². The molecule has 0 aliphatic heterocycles. The van der Waals surface area contributed by atoms with Gasteiger partial charge in [-0.15, -0.1) is 11.8 Å². The van der Waals surface area contributed by atoms with Gasteiger partial charge >= 0.3 is 0 Å². The SMILES string of the molecule is Cc1noc(CSC(C)CCO)n1. The highest BCUT2D eigenvalue weighted by Gasteiger charge is 2.06. The molecule has 13 heavy (non-hydrogen) atoms. The van der Waals surface area contributed by atoms with Crippen molar-refractivity contribution in [1.29, 1.82) is 0 Å². The lowest BCUT2D eigenvalue weighted by Gasteiger charge is -2.05. The molecule has 1 atom stereocenters. The van der Waals surface area contributed by atoms with Crippen LogP contribution in [0.25, 0.3) is 0 Å². The number of aromatic nitrogens is 2. The van der Waals surface area contributed by atoms with E-state index in [0.29, 0.717) is 17.0 Å². The average Bonchev–Trinajstić information content (AvgIpc) is 2.49. The summed E-state index contributed by atoms with van der Waals surface area (Å²) in [6.07, 6.45) is 0.803. The predicted octanol–water partition coefficient (Wildman–Crippen LogP) is 1.38. The van der Waals surface area contributed by atoms with Gasteiger partial charge in [0, 0.05) is 11.9 Å². The van der Waals surface area contributed by atoms with E-state index in [-0.39, 0.29) is 6.61 Å². The maximum Gasteiger partial charge on any atom is 0.236 e. The zero-order valence-electron chi connectivity index (χ0n) is 7.86. The van der Waals surface area contributed by atoms with Crippen LogP contribution in [0.2, 0.25) is 0 Å². The molecule has 0 fully saturated rings. The van der Waals surface area contributed by atoms with Crippen LogP contribution in [0.4, 0.5) is 0 Å². The highest BCUT2D eigenvalue weighted by molar-refractivity contribution is 7.99. The first kappa shape index (κ1) is 10.5. The number of thioether (sulfide) groups is 1. The van der Waals surface area contributed by atoms with E-state index in [2.05, 4.69) is 17.1 Å². The van der Waals surface area contributed by atoms with Gasteiger partial charge in [0.25, 0.3) is 0 Å². The van der Waals surface area contributed by atoms with Crippen molar-refractivity contribution in [3.8, 4) is 0 Å². The highest BCUT2D eigenvalue weighted by Crippen LogP contribution is 2.18. The minimum absolute atomic E-state index is 0.233. The Labute approximate surface area is 81.7 Å². The quantitative estimate of drug-likeness (QED) is 0.781. The molecule has 4 nitrogen and oxygen atoms in total. The van der Waals surface area contributed by atoms with E-state index < -0.39 is 0 Å². The Hall–Kier alpha value is -0.550. The van der Waals surface area contributed by atoms with E-state index >= 15 is 0 Å². The molecule has 0 aliphatic rings. The number of aliphatic hydroxyl groups is 1. The van der Waals surface area contributed by atoms with Gasteiger partial charge in [0.2, 0.25) is 5.89 Å². The van der Waals surface area contributed by atoms with E-state index in [1.165, 1.54) is 0 Å². The van der Waals surface area contributed by atoms with Gasteiger partial charge in [0.05, 0.1) is 5.75 Å². The molecule has 0 amide bonds. The number of nitrogens with zero attached hydrogens (tertiary/aromatic N) is 2. The second-order valence-electron chi connectivity index (χ2n) is 2.87. The van der Waals surface area contributed by atoms with Gasteiger partial charge in [-0.1, -0.05) is 12.1 Å². The zero-order valence-corrected chi connectivity index (χ0v) is 8.67. The summed E-state index contributed by atoms with van der Waals surface area (Å²) in [5.41, 5.74) is 0. The largest absolute Gasteiger partial charge is 0.396 e. The first-order valence-electron chi connectivity index (χ1n) is 4.24. The van der Waals surface area contributed by atoms with Crippen LogP contribution in [0.3, 0.4) is 0 Å². The van der Waals surface area contributed by atoms with Crippen molar-refractivity contribution in [3.05, 3.63) is 11.7 Å². The maximum absolute atomic E-state index is 8.67. The fraction of sp³-hybridized carbons (Fsp3) is 0.750. The Morgan fingerprint density at radius 1 is 1.62 bits per heavy atom. The maximum atomic E-state index is 8.67. The van der Waals surface area contributed by atoms with Crippen molar-refractivity contribution in [2.45, 2.75) is 31.3 Å².